The number of nitrogens with zero attached hydrogens (tertiary/aromatic N) is 1. The summed E-state index contributed by atoms with van der Waals surface area (Å²) in [5.41, 5.74) is 0.808. The average Bonchev–Trinajstić information content (AvgIpc) is 3.08. The van der Waals surface area contributed by atoms with Gasteiger partial charge in [-0.25, -0.2) is 4.98 Å². The molecule has 2 aromatic heterocycles. The van der Waals surface area contributed by atoms with E-state index in [4.69, 9.17) is 9.52 Å². The van der Waals surface area contributed by atoms with Crippen LogP contribution in [0.25, 0.3) is 0 Å². The molecule has 2 N–H and O–H groups in total. The standard InChI is InChI=1S/C14H16N2O4S/c17-12(7-6-11-4-2-8-20-11)16-14-15-10(9-21-14)3-1-5-13(18)19/h2,4,8-9H,1,3,5-7H2,(H,18,19)(H,15,16,17). The van der Waals surface area contributed by atoms with E-state index in [2.05, 4.69) is 10.3 Å². The molecule has 0 aliphatic rings. The Labute approximate surface area is 125 Å². The predicted molar refractivity (Wildman–Crippen MR) is 78.3 cm³/mol. The Morgan fingerprint density at radius 2 is 2.19 bits per heavy atom. The normalized spacial score (nSPS) is 10.5. The van der Waals surface area contributed by atoms with E-state index in [0.29, 0.717) is 30.8 Å². The fraction of sp³-hybridized carbons (Fsp3) is 0.357. The molecule has 2 rings (SSSR count). The van der Waals surface area contributed by atoms with Gasteiger partial charge in [0.1, 0.15) is 5.76 Å². The topological polar surface area (TPSA) is 92.4 Å². The number of aryl methyl sites for hydroxylation is 2. The third-order valence-corrected chi connectivity index (χ3v) is 3.61. The first-order valence-electron chi connectivity index (χ1n) is 6.62. The lowest BCUT2D eigenvalue weighted by atomic mass is 10.2. The number of thiazole rings is 1. The van der Waals surface area contributed by atoms with Crippen LogP contribution in [0.2, 0.25) is 0 Å². The summed E-state index contributed by atoms with van der Waals surface area (Å²) in [6.45, 7) is 0. The van der Waals surface area contributed by atoms with Gasteiger partial charge in [-0.1, -0.05) is 0 Å². The molecular weight excluding hydrogens is 292 g/mol. The molecule has 112 valence electrons. The molecule has 0 saturated carbocycles. The molecule has 0 aliphatic heterocycles. The van der Waals surface area contributed by atoms with Crippen LogP contribution in [0.3, 0.4) is 0 Å². The van der Waals surface area contributed by atoms with Crippen LogP contribution in [0.5, 0.6) is 0 Å². The van der Waals surface area contributed by atoms with Gasteiger partial charge in [0.25, 0.3) is 0 Å². The Kier molecular flexibility index (Phi) is 5.51. The molecule has 0 spiro atoms. The number of carboxylic acids is 1. The van der Waals surface area contributed by atoms with Crippen LogP contribution in [0.1, 0.15) is 30.7 Å². The lowest BCUT2D eigenvalue weighted by molar-refractivity contribution is -0.137. The molecule has 2 heterocycles. The summed E-state index contributed by atoms with van der Waals surface area (Å²) >= 11 is 1.35. The summed E-state index contributed by atoms with van der Waals surface area (Å²) in [7, 11) is 0. The number of nitrogens with one attached hydrogen (secondary N) is 1. The Morgan fingerprint density at radius 3 is 2.90 bits per heavy atom. The van der Waals surface area contributed by atoms with Crippen LogP contribution in [-0.4, -0.2) is 22.0 Å². The Morgan fingerprint density at radius 1 is 1.33 bits per heavy atom. The Balaban J connectivity index is 1.73. The van der Waals surface area contributed by atoms with Gasteiger partial charge in [-0.2, -0.15) is 0 Å². The summed E-state index contributed by atoms with van der Waals surface area (Å²) in [6.07, 6.45) is 3.74. The van der Waals surface area contributed by atoms with E-state index in [1.807, 2.05) is 11.4 Å². The van der Waals surface area contributed by atoms with Crippen LogP contribution in [0, 0.1) is 0 Å². The minimum atomic E-state index is -0.809. The van der Waals surface area contributed by atoms with Gasteiger partial charge in [0.05, 0.1) is 12.0 Å². The summed E-state index contributed by atoms with van der Waals surface area (Å²) in [6, 6.07) is 3.62. The van der Waals surface area contributed by atoms with E-state index in [1.165, 1.54) is 11.3 Å². The maximum absolute atomic E-state index is 11.8. The van der Waals surface area contributed by atoms with E-state index in [1.54, 1.807) is 12.3 Å². The number of rotatable bonds is 8. The molecule has 0 aliphatic carbocycles. The number of aliphatic carboxylic acids is 1. The van der Waals surface area contributed by atoms with Crippen molar-refractivity contribution in [2.45, 2.75) is 32.1 Å². The zero-order chi connectivity index (χ0) is 15.1. The molecule has 7 heteroatoms. The van der Waals surface area contributed by atoms with Gasteiger partial charge in [-0.05, 0) is 25.0 Å². The van der Waals surface area contributed by atoms with Crippen molar-refractivity contribution in [3.63, 3.8) is 0 Å². The number of hydrogen-bond acceptors (Lipinski definition) is 5. The SMILES string of the molecule is O=C(O)CCCc1csc(NC(=O)CCc2ccco2)n1. The van der Waals surface area contributed by atoms with E-state index in [-0.39, 0.29) is 12.3 Å². The van der Waals surface area contributed by atoms with E-state index >= 15 is 0 Å². The van der Waals surface area contributed by atoms with Crippen LogP contribution >= 0.6 is 11.3 Å². The van der Waals surface area contributed by atoms with Gasteiger partial charge < -0.3 is 14.8 Å². The maximum atomic E-state index is 11.8. The number of carbonyl (C=O) groups is 2. The molecule has 0 bridgehead atoms. The van der Waals surface area contributed by atoms with Crippen LogP contribution < -0.4 is 5.32 Å². The second-order valence-electron chi connectivity index (χ2n) is 4.52. The lowest BCUT2D eigenvalue weighted by Crippen LogP contribution is -2.12. The van der Waals surface area contributed by atoms with Crippen molar-refractivity contribution in [3.05, 3.63) is 35.2 Å². The number of furan rings is 1. The first kappa shape index (κ1) is 15.2. The minimum Gasteiger partial charge on any atom is -0.481 e. The molecule has 0 fully saturated rings. The highest BCUT2D eigenvalue weighted by Crippen LogP contribution is 2.17. The van der Waals surface area contributed by atoms with Crippen molar-refractivity contribution in [2.75, 3.05) is 5.32 Å². The quantitative estimate of drug-likeness (QED) is 0.782. The van der Waals surface area contributed by atoms with Crippen molar-refractivity contribution in [1.29, 1.82) is 0 Å². The third kappa shape index (κ3) is 5.39. The van der Waals surface area contributed by atoms with Gasteiger partial charge in [-0.3, -0.25) is 9.59 Å². The Bertz CT molecular complexity index is 592. The molecule has 0 radical (unpaired) electrons. The smallest absolute Gasteiger partial charge is 0.303 e. The predicted octanol–water partition coefficient (Wildman–Crippen LogP) is 2.71. The summed E-state index contributed by atoms with van der Waals surface area (Å²) in [5, 5.41) is 13.7. The number of anilines is 1. The molecule has 0 atom stereocenters. The number of carbonyl (C=O) groups excluding carboxylic acids is 1. The molecule has 6 nitrogen and oxygen atoms in total. The van der Waals surface area contributed by atoms with Crippen LogP contribution in [0.4, 0.5) is 5.13 Å². The van der Waals surface area contributed by atoms with Gasteiger partial charge >= 0.3 is 5.97 Å². The number of carboxylic acid groups (broad SMARTS) is 1. The first-order chi connectivity index (χ1) is 10.1. The zero-order valence-corrected chi connectivity index (χ0v) is 12.2. The first-order valence-corrected chi connectivity index (χ1v) is 7.50. The van der Waals surface area contributed by atoms with E-state index in [0.717, 1.165) is 11.5 Å². The average molecular weight is 308 g/mol. The van der Waals surface area contributed by atoms with Crippen molar-refractivity contribution < 1.29 is 19.1 Å². The summed E-state index contributed by atoms with van der Waals surface area (Å²) in [5.74, 6) is -0.145. The maximum Gasteiger partial charge on any atom is 0.303 e. The van der Waals surface area contributed by atoms with Gasteiger partial charge in [-0.15, -0.1) is 11.3 Å². The van der Waals surface area contributed by atoms with E-state index in [9.17, 15) is 9.59 Å². The van der Waals surface area contributed by atoms with Crippen LogP contribution in [0.15, 0.2) is 28.2 Å². The third-order valence-electron chi connectivity index (χ3n) is 2.80. The number of amides is 1. The van der Waals surface area contributed by atoms with Crippen molar-refractivity contribution in [1.82, 2.24) is 4.98 Å². The van der Waals surface area contributed by atoms with Gasteiger partial charge in [0.2, 0.25) is 5.91 Å². The number of hydrogen-bond donors (Lipinski definition) is 2. The monoisotopic (exact) mass is 308 g/mol. The minimum absolute atomic E-state index is 0.113. The summed E-state index contributed by atoms with van der Waals surface area (Å²) in [4.78, 5) is 26.4. The fourth-order valence-electron chi connectivity index (χ4n) is 1.77. The molecule has 0 saturated heterocycles. The summed E-state index contributed by atoms with van der Waals surface area (Å²) < 4.78 is 5.16. The van der Waals surface area contributed by atoms with Crippen molar-refractivity contribution >= 4 is 28.3 Å². The highest BCUT2D eigenvalue weighted by molar-refractivity contribution is 7.13. The fourth-order valence-corrected chi connectivity index (χ4v) is 2.53. The van der Waals surface area contributed by atoms with Crippen molar-refractivity contribution in [3.8, 4) is 0 Å². The van der Waals surface area contributed by atoms with Gasteiger partial charge in [0.15, 0.2) is 5.13 Å². The largest absolute Gasteiger partial charge is 0.481 e. The highest BCUT2D eigenvalue weighted by atomic mass is 32.1. The molecule has 0 aromatic carbocycles. The second kappa shape index (κ2) is 7.58. The van der Waals surface area contributed by atoms with Crippen LogP contribution in [-0.2, 0) is 22.4 Å². The molecule has 2 aromatic rings. The zero-order valence-electron chi connectivity index (χ0n) is 11.4. The lowest BCUT2D eigenvalue weighted by Gasteiger charge is -2.00. The van der Waals surface area contributed by atoms with E-state index < -0.39 is 5.97 Å². The molecule has 0 unspecified atom stereocenters. The molecule has 1 amide bonds. The number of aromatic nitrogens is 1. The highest BCUT2D eigenvalue weighted by Gasteiger charge is 2.08. The molecular formula is C14H16N2O4S. The van der Waals surface area contributed by atoms with Crippen molar-refractivity contribution in [2.24, 2.45) is 0 Å². The second-order valence-corrected chi connectivity index (χ2v) is 5.38. The molecule has 21 heavy (non-hydrogen) atoms. The Hall–Kier alpha value is -2.15. The van der Waals surface area contributed by atoms with Gasteiger partial charge in [0, 0.05) is 24.6 Å².